The highest BCUT2D eigenvalue weighted by atomic mass is 79.9. The number of carbonyl (C=O) groups is 1. The molecule has 0 saturated heterocycles. The van der Waals surface area contributed by atoms with Crippen LogP contribution in [0.4, 0.5) is 0 Å². The van der Waals surface area contributed by atoms with E-state index in [4.69, 9.17) is 4.74 Å². The summed E-state index contributed by atoms with van der Waals surface area (Å²) in [5.41, 5.74) is 0. The van der Waals surface area contributed by atoms with Gasteiger partial charge in [-0.25, -0.2) is 0 Å². The Morgan fingerprint density at radius 1 is 1.64 bits per heavy atom. The smallest absolute Gasteiger partial charge is 0.307 e. The average Bonchev–Trinajstić information content (AvgIpc) is 1.85. The van der Waals surface area contributed by atoms with E-state index in [1.807, 2.05) is 6.92 Å². The van der Waals surface area contributed by atoms with Gasteiger partial charge in [-0.15, -0.1) is 0 Å². The maximum Gasteiger partial charge on any atom is 0.307 e. The molecule has 0 aromatic rings. The molecular formula is C8H13BrO2. The lowest BCUT2D eigenvalue weighted by molar-refractivity contribution is -0.144. The molecule has 0 aliphatic heterocycles. The monoisotopic (exact) mass is 220 g/mol. The summed E-state index contributed by atoms with van der Waals surface area (Å²) in [5, 5.41) is 0. The molecule has 1 rings (SSSR count). The van der Waals surface area contributed by atoms with Gasteiger partial charge >= 0.3 is 5.97 Å². The van der Waals surface area contributed by atoms with Gasteiger partial charge in [0, 0.05) is 4.32 Å². The standard InChI is InChI=1S/C8H13BrO2/c1-2-11-7(10)6-8(9)4-3-5-8/h2-6H2,1H3. The van der Waals surface area contributed by atoms with Crippen LogP contribution in [0.15, 0.2) is 0 Å². The minimum absolute atomic E-state index is 0.0796. The third-order valence-corrected chi connectivity index (χ3v) is 3.09. The quantitative estimate of drug-likeness (QED) is 0.539. The second kappa shape index (κ2) is 3.57. The molecule has 0 aromatic carbocycles. The molecule has 0 radical (unpaired) electrons. The summed E-state index contributed by atoms with van der Waals surface area (Å²) >= 11 is 3.54. The van der Waals surface area contributed by atoms with E-state index in [2.05, 4.69) is 15.9 Å². The van der Waals surface area contributed by atoms with Crippen LogP contribution in [0.5, 0.6) is 0 Å². The summed E-state index contributed by atoms with van der Waals surface area (Å²) in [7, 11) is 0. The Morgan fingerprint density at radius 2 is 2.27 bits per heavy atom. The van der Waals surface area contributed by atoms with Crippen molar-refractivity contribution in [1.29, 1.82) is 0 Å². The molecule has 1 aliphatic rings. The van der Waals surface area contributed by atoms with Crippen LogP contribution < -0.4 is 0 Å². The van der Waals surface area contributed by atoms with Gasteiger partial charge in [0.1, 0.15) is 0 Å². The number of alkyl halides is 1. The fourth-order valence-electron chi connectivity index (χ4n) is 1.21. The first-order chi connectivity index (χ1) is 5.16. The van der Waals surface area contributed by atoms with Crippen LogP contribution in [0.2, 0.25) is 0 Å². The Kier molecular flexibility index (Phi) is 2.93. The highest BCUT2D eigenvalue weighted by Gasteiger charge is 2.36. The zero-order chi connectivity index (χ0) is 8.32. The molecule has 0 unspecified atom stereocenters. The number of carbonyl (C=O) groups excluding carboxylic acids is 1. The molecule has 0 atom stereocenters. The molecule has 11 heavy (non-hydrogen) atoms. The van der Waals surface area contributed by atoms with Crippen molar-refractivity contribution in [2.45, 2.75) is 36.9 Å². The van der Waals surface area contributed by atoms with Gasteiger partial charge in [-0.2, -0.15) is 0 Å². The molecule has 0 spiro atoms. The van der Waals surface area contributed by atoms with Crippen molar-refractivity contribution < 1.29 is 9.53 Å². The van der Waals surface area contributed by atoms with Crippen molar-refractivity contribution in [3.63, 3.8) is 0 Å². The minimum Gasteiger partial charge on any atom is -0.466 e. The van der Waals surface area contributed by atoms with Crippen LogP contribution in [-0.2, 0) is 9.53 Å². The Hall–Kier alpha value is -0.0500. The van der Waals surface area contributed by atoms with Gasteiger partial charge in [-0.1, -0.05) is 22.4 Å². The second-order valence-corrected chi connectivity index (χ2v) is 4.67. The second-order valence-electron chi connectivity index (χ2n) is 2.99. The van der Waals surface area contributed by atoms with Crippen LogP contribution in [0.3, 0.4) is 0 Å². The van der Waals surface area contributed by atoms with E-state index < -0.39 is 0 Å². The van der Waals surface area contributed by atoms with Gasteiger partial charge < -0.3 is 4.74 Å². The topological polar surface area (TPSA) is 26.3 Å². The first-order valence-corrected chi connectivity index (χ1v) is 4.80. The highest BCUT2D eigenvalue weighted by Crippen LogP contribution is 2.43. The van der Waals surface area contributed by atoms with Crippen molar-refractivity contribution in [3.8, 4) is 0 Å². The lowest BCUT2D eigenvalue weighted by Gasteiger charge is -2.35. The Balaban J connectivity index is 2.23. The van der Waals surface area contributed by atoms with Crippen LogP contribution in [0, 0.1) is 0 Å². The van der Waals surface area contributed by atoms with E-state index in [-0.39, 0.29) is 10.3 Å². The lowest BCUT2D eigenvalue weighted by Crippen LogP contribution is -2.33. The first-order valence-electron chi connectivity index (χ1n) is 4.01. The zero-order valence-corrected chi connectivity index (χ0v) is 8.32. The molecule has 2 nitrogen and oxygen atoms in total. The molecule has 64 valence electrons. The van der Waals surface area contributed by atoms with Crippen molar-refractivity contribution in [2.75, 3.05) is 6.61 Å². The predicted molar refractivity (Wildman–Crippen MR) is 46.8 cm³/mol. The number of rotatable bonds is 3. The van der Waals surface area contributed by atoms with Crippen molar-refractivity contribution in [2.24, 2.45) is 0 Å². The van der Waals surface area contributed by atoms with Gasteiger partial charge in [0.2, 0.25) is 0 Å². The van der Waals surface area contributed by atoms with E-state index in [0.717, 1.165) is 12.8 Å². The number of esters is 1. The van der Waals surface area contributed by atoms with Crippen molar-refractivity contribution in [3.05, 3.63) is 0 Å². The van der Waals surface area contributed by atoms with Gasteiger partial charge in [-0.3, -0.25) is 4.79 Å². The summed E-state index contributed by atoms with van der Waals surface area (Å²) < 4.78 is 4.93. The van der Waals surface area contributed by atoms with Crippen molar-refractivity contribution in [1.82, 2.24) is 0 Å². The van der Waals surface area contributed by atoms with Crippen LogP contribution in [-0.4, -0.2) is 16.9 Å². The molecule has 1 saturated carbocycles. The fraction of sp³-hybridized carbons (Fsp3) is 0.875. The molecule has 1 fully saturated rings. The Labute approximate surface area is 75.4 Å². The van der Waals surface area contributed by atoms with Gasteiger partial charge in [0.05, 0.1) is 13.0 Å². The molecular weight excluding hydrogens is 208 g/mol. The molecule has 1 aliphatic carbocycles. The highest BCUT2D eigenvalue weighted by molar-refractivity contribution is 9.10. The van der Waals surface area contributed by atoms with Crippen LogP contribution in [0.1, 0.15) is 32.6 Å². The van der Waals surface area contributed by atoms with E-state index in [1.165, 1.54) is 6.42 Å². The summed E-state index contributed by atoms with van der Waals surface area (Å²) in [6, 6.07) is 0. The van der Waals surface area contributed by atoms with Gasteiger partial charge in [0.25, 0.3) is 0 Å². The third kappa shape index (κ3) is 2.47. The SMILES string of the molecule is CCOC(=O)CC1(Br)CCC1. The number of ether oxygens (including phenoxy) is 1. The normalized spacial score (nSPS) is 20.5. The van der Waals surface area contributed by atoms with E-state index in [9.17, 15) is 4.79 Å². The number of hydrogen-bond acceptors (Lipinski definition) is 2. The van der Waals surface area contributed by atoms with E-state index >= 15 is 0 Å². The molecule has 0 heterocycles. The Bertz CT molecular complexity index is 152. The maximum atomic E-state index is 11.0. The largest absolute Gasteiger partial charge is 0.466 e. The lowest BCUT2D eigenvalue weighted by atomic mass is 9.83. The summed E-state index contributed by atoms with van der Waals surface area (Å²) in [6.07, 6.45) is 3.96. The van der Waals surface area contributed by atoms with E-state index in [0.29, 0.717) is 13.0 Å². The number of halogens is 1. The van der Waals surface area contributed by atoms with Crippen LogP contribution >= 0.6 is 15.9 Å². The Morgan fingerprint density at radius 3 is 2.64 bits per heavy atom. The van der Waals surface area contributed by atoms with Gasteiger partial charge in [0.15, 0.2) is 0 Å². The average molecular weight is 221 g/mol. The molecule has 0 bridgehead atoms. The molecule has 0 amide bonds. The van der Waals surface area contributed by atoms with Crippen molar-refractivity contribution >= 4 is 21.9 Å². The summed E-state index contributed by atoms with van der Waals surface area (Å²) in [4.78, 5) is 11.0. The molecule has 0 aromatic heterocycles. The maximum absolute atomic E-state index is 11.0. The van der Waals surface area contributed by atoms with Gasteiger partial charge in [-0.05, 0) is 19.8 Å². The predicted octanol–water partition coefficient (Wildman–Crippen LogP) is 2.26. The first kappa shape index (κ1) is 9.04. The third-order valence-electron chi connectivity index (χ3n) is 2.02. The summed E-state index contributed by atoms with van der Waals surface area (Å²) in [5.74, 6) is -0.0796. The zero-order valence-electron chi connectivity index (χ0n) is 6.73. The summed E-state index contributed by atoms with van der Waals surface area (Å²) in [6.45, 7) is 2.32. The fourth-order valence-corrected chi connectivity index (χ4v) is 2.00. The van der Waals surface area contributed by atoms with Crippen LogP contribution in [0.25, 0.3) is 0 Å². The number of hydrogen-bond donors (Lipinski definition) is 0. The minimum atomic E-state index is -0.0796. The molecule has 0 N–H and O–H groups in total. The molecule has 3 heteroatoms. The van der Waals surface area contributed by atoms with E-state index in [1.54, 1.807) is 0 Å².